The predicted molar refractivity (Wildman–Crippen MR) is 79.6 cm³/mol. The van der Waals surface area contributed by atoms with Gasteiger partial charge in [-0.25, -0.2) is 4.79 Å². The van der Waals surface area contributed by atoms with Crippen LogP contribution in [0, 0.1) is 13.8 Å². The van der Waals surface area contributed by atoms with Gasteiger partial charge in [-0.15, -0.1) is 0 Å². The number of rotatable bonds is 4. The van der Waals surface area contributed by atoms with Crippen LogP contribution >= 0.6 is 0 Å². The molecule has 1 amide bonds. The van der Waals surface area contributed by atoms with Crippen LogP contribution in [-0.4, -0.2) is 66.5 Å². The van der Waals surface area contributed by atoms with Gasteiger partial charge in [-0.1, -0.05) is 0 Å². The van der Waals surface area contributed by atoms with Crippen molar-refractivity contribution >= 4 is 11.9 Å². The molecule has 6 nitrogen and oxygen atoms in total. The molecule has 2 heterocycles. The number of aromatic nitrogens is 1. The summed E-state index contributed by atoms with van der Waals surface area (Å²) in [6.07, 6.45) is 0. The Morgan fingerprint density at radius 2 is 1.95 bits per heavy atom. The number of hydrogen-bond acceptors (Lipinski definition) is 4. The Bertz CT molecular complexity index is 557. The van der Waals surface area contributed by atoms with Crippen LogP contribution in [0.1, 0.15) is 39.0 Å². The highest BCUT2D eigenvalue weighted by Crippen LogP contribution is 2.23. The summed E-state index contributed by atoms with van der Waals surface area (Å²) in [4.78, 5) is 31.4. The minimum absolute atomic E-state index is 0.0516. The van der Waals surface area contributed by atoms with Gasteiger partial charge in [0.25, 0.3) is 5.91 Å². The van der Waals surface area contributed by atoms with Gasteiger partial charge in [0.15, 0.2) is 0 Å². The molecule has 1 aromatic heterocycles. The molecule has 0 spiro atoms. The molecular weight excluding hydrogens is 270 g/mol. The van der Waals surface area contributed by atoms with Crippen molar-refractivity contribution in [3.63, 3.8) is 0 Å². The van der Waals surface area contributed by atoms with Gasteiger partial charge in [0, 0.05) is 24.8 Å². The van der Waals surface area contributed by atoms with E-state index in [2.05, 4.69) is 9.88 Å². The van der Waals surface area contributed by atoms with Gasteiger partial charge in [-0.3, -0.25) is 4.79 Å². The minimum atomic E-state index is -0.377. The van der Waals surface area contributed by atoms with E-state index < -0.39 is 0 Å². The van der Waals surface area contributed by atoms with Gasteiger partial charge in [0.1, 0.15) is 5.69 Å². The maximum atomic E-state index is 12.5. The minimum Gasteiger partial charge on any atom is -0.462 e. The average Bonchev–Trinajstić information content (AvgIpc) is 2.62. The third-order valence-corrected chi connectivity index (χ3v) is 4.01. The molecule has 0 bridgehead atoms. The summed E-state index contributed by atoms with van der Waals surface area (Å²) in [7, 11) is 4.02. The Morgan fingerprint density at radius 3 is 2.48 bits per heavy atom. The standard InChI is InChI=1S/C15H23N3O3/c1-6-21-15(20)12-9(2)13(16-10(12)3)14(19)18-7-11(8-18)17(4)5/h11,16H,6-8H2,1-5H3. The molecule has 0 atom stereocenters. The lowest BCUT2D eigenvalue weighted by Gasteiger charge is -2.42. The van der Waals surface area contributed by atoms with Gasteiger partial charge in [-0.2, -0.15) is 0 Å². The van der Waals surface area contributed by atoms with Gasteiger partial charge in [0.05, 0.1) is 12.2 Å². The number of ether oxygens (including phenoxy) is 1. The first-order chi connectivity index (χ1) is 9.86. The first-order valence-corrected chi connectivity index (χ1v) is 7.18. The highest BCUT2D eigenvalue weighted by Gasteiger charge is 2.34. The number of carbonyl (C=O) groups excluding carboxylic acids is 2. The van der Waals surface area contributed by atoms with E-state index in [0.717, 1.165) is 13.1 Å². The smallest absolute Gasteiger partial charge is 0.340 e. The second-order valence-electron chi connectivity index (χ2n) is 5.67. The molecule has 0 radical (unpaired) electrons. The van der Waals surface area contributed by atoms with E-state index in [1.807, 2.05) is 14.1 Å². The lowest BCUT2D eigenvalue weighted by atomic mass is 10.1. The zero-order valence-corrected chi connectivity index (χ0v) is 13.3. The Labute approximate surface area is 125 Å². The number of carbonyl (C=O) groups is 2. The highest BCUT2D eigenvalue weighted by molar-refractivity contribution is 6.00. The van der Waals surface area contributed by atoms with E-state index in [-0.39, 0.29) is 11.9 Å². The average molecular weight is 293 g/mol. The van der Waals surface area contributed by atoms with Crippen molar-refractivity contribution in [2.75, 3.05) is 33.8 Å². The molecule has 1 saturated heterocycles. The molecule has 6 heteroatoms. The van der Waals surface area contributed by atoms with Crippen LogP contribution in [0.2, 0.25) is 0 Å². The Kier molecular flexibility index (Phi) is 4.37. The zero-order valence-electron chi connectivity index (χ0n) is 13.3. The van der Waals surface area contributed by atoms with Crippen molar-refractivity contribution in [2.45, 2.75) is 26.8 Å². The van der Waals surface area contributed by atoms with Crippen molar-refractivity contribution in [1.82, 2.24) is 14.8 Å². The molecule has 21 heavy (non-hydrogen) atoms. The van der Waals surface area contributed by atoms with E-state index >= 15 is 0 Å². The summed E-state index contributed by atoms with van der Waals surface area (Å²) >= 11 is 0. The molecular formula is C15H23N3O3. The second-order valence-corrected chi connectivity index (χ2v) is 5.67. The molecule has 1 aliphatic heterocycles. The number of likely N-dealkylation sites (N-methyl/N-ethyl adjacent to an activating group) is 1. The molecule has 0 saturated carbocycles. The van der Waals surface area contributed by atoms with Crippen molar-refractivity contribution in [3.8, 4) is 0 Å². The summed E-state index contributed by atoms with van der Waals surface area (Å²) in [5.41, 5.74) is 2.32. The van der Waals surface area contributed by atoms with Crippen molar-refractivity contribution in [1.29, 1.82) is 0 Å². The maximum Gasteiger partial charge on any atom is 0.340 e. The van der Waals surface area contributed by atoms with Crippen molar-refractivity contribution < 1.29 is 14.3 Å². The monoisotopic (exact) mass is 293 g/mol. The van der Waals surface area contributed by atoms with E-state index in [9.17, 15) is 9.59 Å². The molecule has 116 valence electrons. The van der Waals surface area contributed by atoms with Crippen LogP contribution in [-0.2, 0) is 4.74 Å². The lowest BCUT2D eigenvalue weighted by molar-refractivity contribution is 0.0393. The number of aryl methyl sites for hydroxylation is 1. The fourth-order valence-electron chi connectivity index (χ4n) is 2.58. The molecule has 1 aromatic rings. The number of nitrogens with one attached hydrogen (secondary N) is 1. The van der Waals surface area contributed by atoms with Gasteiger partial charge in [-0.05, 0) is 40.4 Å². The Hall–Kier alpha value is -1.82. The third-order valence-electron chi connectivity index (χ3n) is 4.01. The molecule has 1 fully saturated rings. The van der Waals surface area contributed by atoms with Gasteiger partial charge in [0.2, 0.25) is 0 Å². The molecule has 0 aromatic carbocycles. The number of nitrogens with zero attached hydrogens (tertiary/aromatic N) is 2. The van der Waals surface area contributed by atoms with E-state index in [4.69, 9.17) is 4.74 Å². The summed E-state index contributed by atoms with van der Waals surface area (Å²) < 4.78 is 5.04. The SMILES string of the molecule is CCOC(=O)c1c(C)[nH]c(C(=O)N2CC(N(C)C)C2)c1C. The zero-order chi connectivity index (χ0) is 15.7. The number of hydrogen-bond donors (Lipinski definition) is 1. The summed E-state index contributed by atoms with van der Waals surface area (Å²) in [5, 5.41) is 0. The van der Waals surface area contributed by atoms with E-state index in [1.165, 1.54) is 0 Å². The normalized spacial score (nSPS) is 15.2. The number of aromatic amines is 1. The maximum absolute atomic E-state index is 12.5. The van der Waals surface area contributed by atoms with Crippen LogP contribution in [0.4, 0.5) is 0 Å². The molecule has 0 unspecified atom stereocenters. The summed E-state index contributed by atoms with van der Waals surface area (Å²) in [6, 6.07) is 0.412. The molecule has 0 aliphatic carbocycles. The largest absolute Gasteiger partial charge is 0.462 e. The fraction of sp³-hybridized carbons (Fsp3) is 0.600. The van der Waals surface area contributed by atoms with Gasteiger partial charge < -0.3 is 19.5 Å². The van der Waals surface area contributed by atoms with Crippen LogP contribution in [0.5, 0.6) is 0 Å². The number of likely N-dealkylation sites (tertiary alicyclic amines) is 1. The van der Waals surface area contributed by atoms with Crippen LogP contribution in [0.25, 0.3) is 0 Å². The highest BCUT2D eigenvalue weighted by atomic mass is 16.5. The van der Waals surface area contributed by atoms with E-state index in [1.54, 1.807) is 25.7 Å². The Balaban J connectivity index is 2.16. The molecule has 1 N–H and O–H groups in total. The van der Waals surface area contributed by atoms with Crippen LogP contribution < -0.4 is 0 Å². The number of esters is 1. The number of H-pyrrole nitrogens is 1. The topological polar surface area (TPSA) is 65.6 Å². The fourth-order valence-corrected chi connectivity index (χ4v) is 2.58. The molecule has 1 aliphatic rings. The summed E-state index contributed by atoms with van der Waals surface area (Å²) in [6.45, 7) is 7.10. The first-order valence-electron chi connectivity index (χ1n) is 7.18. The van der Waals surface area contributed by atoms with E-state index in [0.29, 0.717) is 35.2 Å². The van der Waals surface area contributed by atoms with Crippen molar-refractivity contribution in [2.24, 2.45) is 0 Å². The first kappa shape index (κ1) is 15.6. The quantitative estimate of drug-likeness (QED) is 0.847. The lowest BCUT2D eigenvalue weighted by Crippen LogP contribution is -2.59. The molecule has 2 rings (SSSR count). The van der Waals surface area contributed by atoms with Crippen molar-refractivity contribution in [3.05, 3.63) is 22.5 Å². The Morgan fingerprint density at radius 1 is 1.33 bits per heavy atom. The summed E-state index contributed by atoms with van der Waals surface area (Å²) in [5.74, 6) is -0.429. The van der Waals surface area contributed by atoms with Gasteiger partial charge >= 0.3 is 5.97 Å². The third kappa shape index (κ3) is 2.81. The number of amides is 1. The van der Waals surface area contributed by atoms with Crippen LogP contribution in [0.15, 0.2) is 0 Å². The van der Waals surface area contributed by atoms with Crippen LogP contribution in [0.3, 0.4) is 0 Å². The predicted octanol–water partition coefficient (Wildman–Crippen LogP) is 1.19. The second kappa shape index (κ2) is 5.89.